The van der Waals surface area contributed by atoms with Gasteiger partial charge in [0.25, 0.3) is 0 Å². The third-order valence-electron chi connectivity index (χ3n) is 3.74. The minimum absolute atomic E-state index is 0.221. The largest absolute Gasteiger partial charge is 0.462 e. The molecule has 0 amide bonds. The molecular formula is C12H16O5. The molecule has 0 aromatic heterocycles. The number of rotatable bonds is 0. The molecule has 5 heteroatoms. The van der Waals surface area contributed by atoms with Crippen LogP contribution in [-0.4, -0.2) is 41.3 Å². The van der Waals surface area contributed by atoms with E-state index in [1.807, 2.05) is 13.8 Å². The monoisotopic (exact) mass is 240 g/mol. The molecule has 3 atom stereocenters. The van der Waals surface area contributed by atoms with Crippen molar-refractivity contribution in [1.82, 2.24) is 0 Å². The van der Waals surface area contributed by atoms with E-state index in [1.165, 1.54) is 0 Å². The summed E-state index contributed by atoms with van der Waals surface area (Å²) in [5.41, 5.74) is -0.195. The number of carbonyl (C=O) groups is 1. The first-order valence-electron chi connectivity index (χ1n) is 5.81. The van der Waals surface area contributed by atoms with Gasteiger partial charge in [0.2, 0.25) is 0 Å². The van der Waals surface area contributed by atoms with Crippen molar-refractivity contribution in [2.75, 3.05) is 6.61 Å². The third kappa shape index (κ3) is 1.33. The smallest absolute Gasteiger partial charge is 0.337 e. The fraction of sp³-hybridized carbons (Fsp3) is 0.750. The molecule has 0 saturated carbocycles. The van der Waals surface area contributed by atoms with Crippen LogP contribution in [0.2, 0.25) is 0 Å². The maximum Gasteiger partial charge on any atom is 0.337 e. The van der Waals surface area contributed by atoms with Crippen molar-refractivity contribution in [2.24, 2.45) is 0 Å². The van der Waals surface area contributed by atoms with Crippen molar-refractivity contribution in [1.29, 1.82) is 0 Å². The van der Waals surface area contributed by atoms with Crippen LogP contribution in [0.1, 0.15) is 27.2 Å². The SMILES string of the molecule is CC1=C2C(=O)OCC[C@@]2(O)[C@@H]2OC(C)(C)O[C@H]12. The normalized spacial score (nSPS) is 43.4. The van der Waals surface area contributed by atoms with Crippen molar-refractivity contribution >= 4 is 5.97 Å². The van der Waals surface area contributed by atoms with E-state index >= 15 is 0 Å². The molecule has 0 radical (unpaired) electrons. The van der Waals surface area contributed by atoms with E-state index in [-0.39, 0.29) is 12.7 Å². The maximum atomic E-state index is 11.7. The molecule has 1 aliphatic carbocycles. The van der Waals surface area contributed by atoms with Gasteiger partial charge >= 0.3 is 5.97 Å². The average Bonchev–Trinajstić information content (AvgIpc) is 2.62. The molecule has 2 saturated heterocycles. The number of aliphatic hydroxyl groups is 1. The maximum absolute atomic E-state index is 11.7. The Balaban J connectivity index is 2.08. The Labute approximate surface area is 99.3 Å². The van der Waals surface area contributed by atoms with Crippen molar-refractivity contribution in [2.45, 2.75) is 50.8 Å². The average molecular weight is 240 g/mol. The van der Waals surface area contributed by atoms with Gasteiger partial charge in [-0.15, -0.1) is 0 Å². The van der Waals surface area contributed by atoms with Crippen molar-refractivity contribution < 1.29 is 24.1 Å². The standard InChI is InChI=1S/C12H16O5/c1-6-7-10(13)15-5-4-12(7,14)9-8(6)16-11(2,3)17-9/h8-9,14H,4-5H2,1-3H3/t8-,9-,12+/m1/s1. The minimum Gasteiger partial charge on any atom is -0.462 e. The third-order valence-corrected chi connectivity index (χ3v) is 3.74. The Morgan fingerprint density at radius 3 is 2.76 bits per heavy atom. The zero-order chi connectivity index (χ0) is 12.4. The highest BCUT2D eigenvalue weighted by Crippen LogP contribution is 2.49. The van der Waals surface area contributed by atoms with Gasteiger partial charge < -0.3 is 19.3 Å². The molecule has 0 bridgehead atoms. The Kier molecular flexibility index (Phi) is 2.04. The number of carbonyl (C=O) groups excluding carboxylic acids is 1. The van der Waals surface area contributed by atoms with Crippen molar-refractivity contribution in [3.63, 3.8) is 0 Å². The molecule has 0 aromatic rings. The Morgan fingerprint density at radius 2 is 2.06 bits per heavy atom. The summed E-state index contributed by atoms with van der Waals surface area (Å²) < 4.78 is 16.5. The summed E-state index contributed by atoms with van der Waals surface area (Å²) in [6.07, 6.45) is -0.484. The van der Waals surface area contributed by atoms with E-state index in [1.54, 1.807) is 6.92 Å². The predicted molar refractivity (Wildman–Crippen MR) is 57.1 cm³/mol. The zero-order valence-corrected chi connectivity index (χ0v) is 10.1. The number of hydrogen-bond donors (Lipinski definition) is 1. The molecule has 0 aromatic carbocycles. The van der Waals surface area contributed by atoms with Crippen LogP contribution in [0.3, 0.4) is 0 Å². The highest BCUT2D eigenvalue weighted by atomic mass is 16.8. The lowest BCUT2D eigenvalue weighted by molar-refractivity contribution is -0.180. The summed E-state index contributed by atoms with van der Waals surface area (Å²) in [4.78, 5) is 11.7. The van der Waals surface area contributed by atoms with Crippen LogP contribution < -0.4 is 0 Å². The second-order valence-electron chi connectivity index (χ2n) is 5.34. The van der Waals surface area contributed by atoms with Crippen LogP contribution in [0, 0.1) is 0 Å². The van der Waals surface area contributed by atoms with Gasteiger partial charge in [0, 0.05) is 6.42 Å². The van der Waals surface area contributed by atoms with Gasteiger partial charge in [-0.05, 0) is 26.3 Å². The van der Waals surface area contributed by atoms with Gasteiger partial charge in [0.1, 0.15) is 17.8 Å². The molecule has 2 fully saturated rings. The molecule has 0 spiro atoms. The first-order valence-corrected chi connectivity index (χ1v) is 5.81. The Hall–Kier alpha value is -0.910. The second kappa shape index (κ2) is 3.10. The highest BCUT2D eigenvalue weighted by molar-refractivity contribution is 5.94. The van der Waals surface area contributed by atoms with Crippen LogP contribution in [0.5, 0.6) is 0 Å². The lowest BCUT2D eigenvalue weighted by atomic mass is 9.87. The number of ether oxygens (including phenoxy) is 3. The molecule has 94 valence electrons. The lowest BCUT2D eigenvalue weighted by Gasteiger charge is -2.34. The molecule has 5 nitrogen and oxygen atoms in total. The van der Waals surface area contributed by atoms with E-state index in [4.69, 9.17) is 14.2 Å². The molecule has 2 heterocycles. The second-order valence-corrected chi connectivity index (χ2v) is 5.34. The Bertz CT molecular complexity index is 425. The number of esters is 1. The van der Waals surface area contributed by atoms with E-state index in [0.29, 0.717) is 12.0 Å². The van der Waals surface area contributed by atoms with E-state index < -0.39 is 23.5 Å². The number of fused-ring (bicyclic) bond motifs is 3. The van der Waals surface area contributed by atoms with Crippen LogP contribution in [0.25, 0.3) is 0 Å². The van der Waals surface area contributed by atoms with Gasteiger partial charge in [-0.2, -0.15) is 0 Å². The summed E-state index contributed by atoms with van der Waals surface area (Å²) in [7, 11) is 0. The van der Waals surface area contributed by atoms with Crippen molar-refractivity contribution in [3.8, 4) is 0 Å². The van der Waals surface area contributed by atoms with Gasteiger partial charge in [-0.25, -0.2) is 4.79 Å². The summed E-state index contributed by atoms with van der Waals surface area (Å²) in [5, 5.41) is 10.7. The van der Waals surface area contributed by atoms with Gasteiger partial charge in [0.15, 0.2) is 5.79 Å². The van der Waals surface area contributed by atoms with Gasteiger partial charge in [0.05, 0.1) is 12.2 Å². The number of cyclic esters (lactones) is 1. The minimum atomic E-state index is -1.25. The zero-order valence-electron chi connectivity index (χ0n) is 10.1. The topological polar surface area (TPSA) is 65.0 Å². The molecule has 2 aliphatic heterocycles. The van der Waals surface area contributed by atoms with Crippen LogP contribution in [0.4, 0.5) is 0 Å². The van der Waals surface area contributed by atoms with E-state index in [9.17, 15) is 9.90 Å². The summed E-state index contributed by atoms with van der Waals surface area (Å²) in [5.74, 6) is -1.17. The predicted octanol–water partition coefficient (Wildman–Crippen LogP) is 0.515. The highest BCUT2D eigenvalue weighted by Gasteiger charge is 2.62. The van der Waals surface area contributed by atoms with Crippen LogP contribution >= 0.6 is 0 Å². The number of hydrogen-bond acceptors (Lipinski definition) is 5. The molecule has 3 rings (SSSR count). The lowest BCUT2D eigenvalue weighted by Crippen LogP contribution is -2.50. The molecular weight excluding hydrogens is 224 g/mol. The van der Waals surface area contributed by atoms with Gasteiger partial charge in [-0.1, -0.05) is 0 Å². The summed E-state index contributed by atoms with van der Waals surface area (Å²) in [6, 6.07) is 0. The first kappa shape index (κ1) is 11.2. The summed E-state index contributed by atoms with van der Waals surface area (Å²) in [6.45, 7) is 5.63. The van der Waals surface area contributed by atoms with Crippen LogP contribution in [0.15, 0.2) is 11.1 Å². The van der Waals surface area contributed by atoms with E-state index in [0.717, 1.165) is 5.57 Å². The first-order chi connectivity index (χ1) is 7.85. The molecule has 0 unspecified atom stereocenters. The quantitative estimate of drug-likeness (QED) is 0.625. The van der Waals surface area contributed by atoms with Crippen LogP contribution in [-0.2, 0) is 19.0 Å². The van der Waals surface area contributed by atoms with Crippen molar-refractivity contribution in [3.05, 3.63) is 11.1 Å². The fourth-order valence-corrected chi connectivity index (χ4v) is 3.03. The fourth-order valence-electron chi connectivity index (χ4n) is 3.03. The summed E-state index contributed by atoms with van der Waals surface area (Å²) >= 11 is 0. The molecule has 1 N–H and O–H groups in total. The Morgan fingerprint density at radius 1 is 1.35 bits per heavy atom. The molecule has 17 heavy (non-hydrogen) atoms. The molecule has 3 aliphatic rings. The van der Waals surface area contributed by atoms with Gasteiger partial charge in [-0.3, -0.25) is 0 Å². The van der Waals surface area contributed by atoms with E-state index in [2.05, 4.69) is 0 Å².